The van der Waals surface area contributed by atoms with E-state index < -0.39 is 6.04 Å². The summed E-state index contributed by atoms with van der Waals surface area (Å²) < 4.78 is 2.56. The van der Waals surface area contributed by atoms with Gasteiger partial charge >= 0.3 is 0 Å². The number of rotatable bonds is 2. The molecule has 0 unspecified atom stereocenters. The first kappa shape index (κ1) is 15.8. The maximum Gasteiger partial charge on any atom is 0.288 e. The summed E-state index contributed by atoms with van der Waals surface area (Å²) in [7, 11) is 0. The molecule has 1 aliphatic rings. The molecule has 0 bridgehead atoms. The number of fused-ring (bicyclic) bond motifs is 2. The smallest absolute Gasteiger partial charge is 0.288 e. The topological polar surface area (TPSA) is 114 Å². The Kier molecular flexibility index (Phi) is 3.57. The summed E-state index contributed by atoms with van der Waals surface area (Å²) in [6.07, 6.45) is 1.70. The van der Waals surface area contributed by atoms with E-state index in [1.54, 1.807) is 10.9 Å². The van der Waals surface area contributed by atoms with Gasteiger partial charge in [-0.1, -0.05) is 39.2 Å². The monoisotopic (exact) mass is 422 g/mol. The highest BCUT2D eigenvalue weighted by molar-refractivity contribution is 9.10. The minimum Gasteiger partial charge on any atom is -0.318 e. The van der Waals surface area contributed by atoms with E-state index in [1.165, 1.54) is 0 Å². The lowest BCUT2D eigenvalue weighted by Gasteiger charge is -2.27. The van der Waals surface area contributed by atoms with Gasteiger partial charge in [-0.3, -0.25) is 9.78 Å². The molecule has 0 amide bonds. The number of nitrogens with zero attached hydrogens (tertiary/aromatic N) is 6. The molecule has 4 heterocycles. The van der Waals surface area contributed by atoms with E-state index in [0.29, 0.717) is 28.6 Å². The van der Waals surface area contributed by atoms with Crippen molar-refractivity contribution in [2.24, 2.45) is 0 Å². The van der Waals surface area contributed by atoms with Gasteiger partial charge in [0.05, 0.1) is 11.4 Å². The average Bonchev–Trinajstić information content (AvgIpc) is 3.17. The van der Waals surface area contributed by atoms with Gasteiger partial charge in [0.1, 0.15) is 11.7 Å². The second-order valence-corrected chi connectivity index (χ2v) is 6.84. The van der Waals surface area contributed by atoms with Crippen LogP contribution in [0.3, 0.4) is 0 Å². The quantitative estimate of drug-likeness (QED) is 0.448. The first-order chi connectivity index (χ1) is 13.2. The zero-order chi connectivity index (χ0) is 18.4. The van der Waals surface area contributed by atoms with Crippen molar-refractivity contribution in [3.8, 4) is 11.3 Å². The molecule has 10 heteroatoms. The van der Waals surface area contributed by atoms with Crippen LogP contribution in [-0.4, -0.2) is 35.4 Å². The number of hydrogen-bond donors (Lipinski definition) is 2. The molecule has 3 aromatic heterocycles. The van der Waals surface area contributed by atoms with Crippen LogP contribution in [-0.2, 0) is 0 Å². The second-order valence-electron chi connectivity index (χ2n) is 5.93. The Balaban J connectivity index is 1.82. The second kappa shape index (κ2) is 6.09. The Morgan fingerprint density at radius 3 is 2.74 bits per heavy atom. The fourth-order valence-electron chi connectivity index (χ4n) is 3.18. The number of pyridine rings is 1. The van der Waals surface area contributed by atoms with Gasteiger partial charge in [-0.05, 0) is 34.7 Å². The molecule has 0 aliphatic carbocycles. The minimum absolute atomic E-state index is 0.346. The summed E-state index contributed by atoms with van der Waals surface area (Å²) in [5.74, 6) is 0.372. The van der Waals surface area contributed by atoms with Gasteiger partial charge in [0, 0.05) is 21.8 Å². The summed E-state index contributed by atoms with van der Waals surface area (Å²) in [5, 5.41) is 21.7. The first-order valence-electron chi connectivity index (χ1n) is 8.06. The number of hydrogen-bond acceptors (Lipinski definition) is 7. The molecule has 0 fully saturated rings. The highest BCUT2D eigenvalue weighted by atomic mass is 79.9. The highest BCUT2D eigenvalue weighted by Gasteiger charge is 2.34. The van der Waals surface area contributed by atoms with Crippen LogP contribution >= 0.6 is 15.9 Å². The third-order valence-corrected chi connectivity index (χ3v) is 4.88. The van der Waals surface area contributed by atoms with E-state index in [4.69, 9.17) is 0 Å². The lowest BCUT2D eigenvalue weighted by molar-refractivity contribution is 0.556. The molecule has 1 atom stereocenters. The number of H-pyrrole nitrogens is 1. The molecule has 0 radical (unpaired) electrons. The van der Waals surface area contributed by atoms with Crippen LogP contribution in [0.4, 0.5) is 11.6 Å². The van der Waals surface area contributed by atoms with E-state index in [0.717, 1.165) is 10.0 Å². The summed E-state index contributed by atoms with van der Waals surface area (Å²) >= 11 is 3.44. The van der Waals surface area contributed by atoms with Crippen molar-refractivity contribution in [3.63, 3.8) is 0 Å². The van der Waals surface area contributed by atoms with Crippen molar-refractivity contribution < 1.29 is 0 Å². The van der Waals surface area contributed by atoms with E-state index in [1.807, 2.05) is 42.5 Å². The van der Waals surface area contributed by atoms with Crippen LogP contribution in [0.25, 0.3) is 11.3 Å². The van der Waals surface area contributed by atoms with Crippen molar-refractivity contribution in [1.29, 1.82) is 0 Å². The maximum atomic E-state index is 12.5. The summed E-state index contributed by atoms with van der Waals surface area (Å²) in [6, 6.07) is 12.8. The van der Waals surface area contributed by atoms with Gasteiger partial charge in [-0.25, -0.2) is 5.10 Å². The molecule has 27 heavy (non-hydrogen) atoms. The lowest BCUT2D eigenvalue weighted by Crippen LogP contribution is -2.29. The Morgan fingerprint density at radius 2 is 1.96 bits per heavy atom. The van der Waals surface area contributed by atoms with Crippen LogP contribution in [0, 0.1) is 0 Å². The molecule has 5 rings (SSSR count). The zero-order valence-electron chi connectivity index (χ0n) is 13.7. The maximum absolute atomic E-state index is 12.5. The fraction of sp³-hybridized carbons (Fsp3) is 0.0588. The lowest BCUT2D eigenvalue weighted by atomic mass is 9.95. The standard InChI is InChI=1S/C17H11BrN8O/c18-10-6-4-9(5-7-10)13-12-14(16(27)22-21-13)20-17-23-24-25-26(17)15(12)11-3-1-2-8-19-11/h1-8,15H,(H,22,27)(H,20,23,25)/t15-/m0/s1. The van der Waals surface area contributed by atoms with Crippen LogP contribution in [0.15, 0.2) is 57.9 Å². The number of halogens is 1. The van der Waals surface area contributed by atoms with Crippen LogP contribution in [0.2, 0.25) is 0 Å². The molecular formula is C17H11BrN8O. The highest BCUT2D eigenvalue weighted by Crippen LogP contribution is 2.40. The van der Waals surface area contributed by atoms with E-state index in [9.17, 15) is 4.79 Å². The Morgan fingerprint density at radius 1 is 1.11 bits per heavy atom. The van der Waals surface area contributed by atoms with Crippen LogP contribution in [0.5, 0.6) is 0 Å². The number of aromatic nitrogens is 7. The van der Waals surface area contributed by atoms with Crippen molar-refractivity contribution in [3.05, 3.63) is 74.7 Å². The molecule has 1 aromatic carbocycles. The average molecular weight is 423 g/mol. The van der Waals surface area contributed by atoms with Gasteiger partial charge < -0.3 is 5.32 Å². The zero-order valence-corrected chi connectivity index (χ0v) is 15.3. The van der Waals surface area contributed by atoms with Crippen molar-refractivity contribution in [2.75, 3.05) is 5.32 Å². The van der Waals surface area contributed by atoms with Crippen molar-refractivity contribution in [2.45, 2.75) is 6.04 Å². The number of tetrazole rings is 1. The summed E-state index contributed by atoms with van der Waals surface area (Å²) in [6.45, 7) is 0. The predicted molar refractivity (Wildman–Crippen MR) is 101 cm³/mol. The van der Waals surface area contributed by atoms with Gasteiger partial charge in [0.15, 0.2) is 0 Å². The van der Waals surface area contributed by atoms with Gasteiger partial charge in [0.25, 0.3) is 5.56 Å². The number of nitrogens with one attached hydrogen (secondary N) is 2. The van der Waals surface area contributed by atoms with E-state index in [-0.39, 0.29) is 5.56 Å². The van der Waals surface area contributed by atoms with Gasteiger partial charge in [-0.2, -0.15) is 9.78 Å². The van der Waals surface area contributed by atoms with E-state index >= 15 is 0 Å². The summed E-state index contributed by atoms with van der Waals surface area (Å²) in [5.41, 5.74) is 2.87. The number of aromatic amines is 1. The Hall–Kier alpha value is -3.40. The Labute approximate surface area is 160 Å². The fourth-order valence-corrected chi connectivity index (χ4v) is 3.44. The molecule has 2 N–H and O–H groups in total. The minimum atomic E-state index is -0.485. The molecule has 1 aliphatic heterocycles. The molecule has 132 valence electrons. The van der Waals surface area contributed by atoms with E-state index in [2.05, 4.69) is 52.0 Å². The molecule has 0 spiro atoms. The number of benzene rings is 1. The Bertz CT molecular complexity index is 1190. The largest absolute Gasteiger partial charge is 0.318 e. The predicted octanol–water partition coefficient (Wildman–Crippen LogP) is 2.28. The van der Waals surface area contributed by atoms with Crippen molar-refractivity contribution in [1.82, 2.24) is 35.4 Å². The third-order valence-electron chi connectivity index (χ3n) is 4.35. The van der Waals surface area contributed by atoms with Gasteiger partial charge in [0.2, 0.25) is 5.95 Å². The van der Waals surface area contributed by atoms with Crippen LogP contribution < -0.4 is 10.9 Å². The van der Waals surface area contributed by atoms with Crippen molar-refractivity contribution >= 4 is 27.6 Å². The van der Waals surface area contributed by atoms with Gasteiger partial charge in [-0.15, -0.1) is 0 Å². The molecule has 0 saturated heterocycles. The summed E-state index contributed by atoms with van der Waals surface area (Å²) in [4.78, 5) is 17.0. The first-order valence-corrected chi connectivity index (χ1v) is 8.86. The van der Waals surface area contributed by atoms with Crippen LogP contribution in [0.1, 0.15) is 17.3 Å². The normalized spacial score (nSPS) is 14.9. The molecule has 9 nitrogen and oxygen atoms in total. The SMILES string of the molecule is O=c1[nH]nc(-c2ccc(Br)cc2)c2c1Nc1nnnn1[C@H]2c1ccccn1. The number of anilines is 2. The third kappa shape index (κ3) is 2.53. The molecule has 4 aromatic rings. The molecular weight excluding hydrogens is 412 g/mol. The molecule has 0 saturated carbocycles.